The van der Waals surface area contributed by atoms with E-state index in [0.29, 0.717) is 16.7 Å². The molecule has 24 heavy (non-hydrogen) atoms. The summed E-state index contributed by atoms with van der Waals surface area (Å²) in [6, 6.07) is 7.20. The molecule has 0 heterocycles. The maximum atomic E-state index is 12.2. The first kappa shape index (κ1) is 17.6. The number of hydrogen-bond acceptors (Lipinski definition) is 3. The minimum atomic E-state index is -0.275. The summed E-state index contributed by atoms with van der Waals surface area (Å²) in [5.74, 6) is 1.54. The van der Waals surface area contributed by atoms with Crippen molar-refractivity contribution in [2.75, 3.05) is 6.61 Å². The average molecular weight is 351 g/mol. The second kappa shape index (κ2) is 8.75. The fourth-order valence-corrected chi connectivity index (χ4v) is 4.47. The SMILES string of the molecule is O=C(COc1ccccc1Cl)O[C@@H]1CCCC[C@@H]1C1CCCCC1. The summed E-state index contributed by atoms with van der Waals surface area (Å²) >= 11 is 6.05. The van der Waals surface area contributed by atoms with E-state index in [1.807, 2.05) is 12.1 Å². The second-order valence-corrected chi connectivity index (χ2v) is 7.50. The first-order valence-electron chi connectivity index (χ1n) is 9.31. The topological polar surface area (TPSA) is 35.5 Å². The van der Waals surface area contributed by atoms with Crippen LogP contribution in [0.4, 0.5) is 0 Å². The van der Waals surface area contributed by atoms with Crippen LogP contribution < -0.4 is 4.74 Å². The molecule has 2 saturated carbocycles. The molecule has 1 aromatic rings. The lowest BCUT2D eigenvalue weighted by Gasteiger charge is -2.38. The third-order valence-corrected chi connectivity index (χ3v) is 5.79. The maximum absolute atomic E-state index is 12.2. The van der Waals surface area contributed by atoms with E-state index in [1.165, 1.54) is 44.9 Å². The van der Waals surface area contributed by atoms with E-state index >= 15 is 0 Å². The second-order valence-electron chi connectivity index (χ2n) is 7.09. The number of para-hydroxylation sites is 1. The van der Waals surface area contributed by atoms with Crippen molar-refractivity contribution in [2.45, 2.75) is 63.9 Å². The van der Waals surface area contributed by atoms with Crippen LogP contribution in [-0.2, 0) is 9.53 Å². The Labute approximate surface area is 149 Å². The zero-order valence-electron chi connectivity index (χ0n) is 14.2. The molecule has 3 rings (SSSR count). The van der Waals surface area contributed by atoms with Crippen LogP contribution in [0.3, 0.4) is 0 Å². The molecule has 4 heteroatoms. The summed E-state index contributed by atoms with van der Waals surface area (Å²) in [4.78, 5) is 12.2. The van der Waals surface area contributed by atoms with E-state index in [0.717, 1.165) is 18.8 Å². The molecule has 2 aliphatic carbocycles. The van der Waals surface area contributed by atoms with Gasteiger partial charge in [0.15, 0.2) is 6.61 Å². The van der Waals surface area contributed by atoms with Gasteiger partial charge in [-0.25, -0.2) is 4.79 Å². The molecule has 0 unspecified atom stereocenters. The Balaban J connectivity index is 1.52. The normalized spacial score (nSPS) is 25.2. The van der Waals surface area contributed by atoms with Crippen molar-refractivity contribution in [1.29, 1.82) is 0 Å². The minimum Gasteiger partial charge on any atom is -0.480 e. The van der Waals surface area contributed by atoms with E-state index in [1.54, 1.807) is 12.1 Å². The molecule has 0 aromatic heterocycles. The summed E-state index contributed by atoms with van der Waals surface area (Å²) in [6.07, 6.45) is 11.3. The molecule has 0 amide bonds. The molecule has 0 aliphatic heterocycles. The summed E-state index contributed by atoms with van der Waals surface area (Å²) < 4.78 is 11.3. The third-order valence-electron chi connectivity index (χ3n) is 5.47. The molecule has 132 valence electrons. The number of ether oxygens (including phenoxy) is 2. The van der Waals surface area contributed by atoms with Gasteiger partial charge in [-0.05, 0) is 43.2 Å². The standard InChI is InChI=1S/C20H27ClO3/c21-17-11-5-7-13-19(17)23-14-20(22)24-18-12-6-4-10-16(18)15-8-2-1-3-9-15/h5,7,11,13,15-16,18H,1-4,6,8-10,12,14H2/t16-,18-/m1/s1. The Morgan fingerprint density at radius 3 is 2.50 bits per heavy atom. The Morgan fingerprint density at radius 2 is 1.71 bits per heavy atom. The molecule has 0 radical (unpaired) electrons. The van der Waals surface area contributed by atoms with Crippen molar-refractivity contribution in [3.63, 3.8) is 0 Å². The smallest absolute Gasteiger partial charge is 0.344 e. The van der Waals surface area contributed by atoms with Crippen LogP contribution in [0.5, 0.6) is 5.75 Å². The highest BCUT2D eigenvalue weighted by atomic mass is 35.5. The minimum absolute atomic E-state index is 0.0718. The highest BCUT2D eigenvalue weighted by Gasteiger charge is 2.34. The van der Waals surface area contributed by atoms with Crippen LogP contribution in [0.25, 0.3) is 0 Å². The first-order chi connectivity index (χ1) is 11.7. The van der Waals surface area contributed by atoms with Gasteiger partial charge in [-0.2, -0.15) is 0 Å². The lowest BCUT2D eigenvalue weighted by atomic mass is 9.72. The first-order valence-corrected chi connectivity index (χ1v) is 9.68. The molecule has 0 N–H and O–H groups in total. The summed E-state index contributed by atoms with van der Waals surface area (Å²) in [6.45, 7) is -0.0718. The van der Waals surface area contributed by atoms with Gasteiger partial charge in [0.25, 0.3) is 0 Å². The number of halogens is 1. The van der Waals surface area contributed by atoms with Gasteiger partial charge < -0.3 is 9.47 Å². The van der Waals surface area contributed by atoms with Gasteiger partial charge in [0, 0.05) is 0 Å². The van der Waals surface area contributed by atoms with Crippen molar-refractivity contribution in [2.24, 2.45) is 11.8 Å². The molecule has 1 aromatic carbocycles. The molecule has 0 bridgehead atoms. The quantitative estimate of drug-likeness (QED) is 0.667. The van der Waals surface area contributed by atoms with Crippen molar-refractivity contribution >= 4 is 17.6 Å². The number of carbonyl (C=O) groups is 1. The predicted octanol–water partition coefficient (Wildman–Crippen LogP) is 5.40. The van der Waals surface area contributed by atoms with Gasteiger partial charge in [0.1, 0.15) is 11.9 Å². The lowest BCUT2D eigenvalue weighted by molar-refractivity contribution is -0.157. The molecule has 3 nitrogen and oxygen atoms in total. The zero-order valence-corrected chi connectivity index (χ0v) is 15.0. The molecule has 2 fully saturated rings. The number of hydrogen-bond donors (Lipinski definition) is 0. The highest BCUT2D eigenvalue weighted by molar-refractivity contribution is 6.32. The van der Waals surface area contributed by atoms with Gasteiger partial charge in [0.05, 0.1) is 5.02 Å². The van der Waals surface area contributed by atoms with Crippen LogP contribution in [0.15, 0.2) is 24.3 Å². The summed E-state index contributed by atoms with van der Waals surface area (Å²) in [5.41, 5.74) is 0. The highest BCUT2D eigenvalue weighted by Crippen LogP contribution is 2.39. The maximum Gasteiger partial charge on any atom is 0.344 e. The Kier molecular flexibility index (Phi) is 6.42. The molecule has 0 saturated heterocycles. The van der Waals surface area contributed by atoms with Crippen molar-refractivity contribution in [1.82, 2.24) is 0 Å². The molecular formula is C20H27ClO3. The number of rotatable bonds is 5. The average Bonchev–Trinajstić information content (AvgIpc) is 2.62. The fourth-order valence-electron chi connectivity index (χ4n) is 4.27. The molecule has 0 spiro atoms. The van der Waals surface area contributed by atoms with E-state index in [-0.39, 0.29) is 18.7 Å². The number of benzene rings is 1. The van der Waals surface area contributed by atoms with Crippen molar-refractivity contribution in [3.05, 3.63) is 29.3 Å². The van der Waals surface area contributed by atoms with Gasteiger partial charge >= 0.3 is 5.97 Å². The summed E-state index contributed by atoms with van der Waals surface area (Å²) in [7, 11) is 0. The van der Waals surface area contributed by atoms with Gasteiger partial charge in [-0.1, -0.05) is 62.3 Å². The Bertz CT molecular complexity index is 539. The molecular weight excluding hydrogens is 324 g/mol. The van der Waals surface area contributed by atoms with E-state index in [2.05, 4.69) is 0 Å². The van der Waals surface area contributed by atoms with E-state index in [4.69, 9.17) is 21.1 Å². The van der Waals surface area contributed by atoms with Crippen LogP contribution in [0.1, 0.15) is 57.8 Å². The fraction of sp³-hybridized carbons (Fsp3) is 0.650. The van der Waals surface area contributed by atoms with Crippen LogP contribution in [0, 0.1) is 11.8 Å². The lowest BCUT2D eigenvalue weighted by Crippen LogP contribution is -2.36. The molecule has 2 atom stereocenters. The van der Waals surface area contributed by atoms with Crippen LogP contribution >= 0.6 is 11.6 Å². The van der Waals surface area contributed by atoms with Gasteiger partial charge in [0.2, 0.25) is 0 Å². The van der Waals surface area contributed by atoms with Crippen molar-refractivity contribution < 1.29 is 14.3 Å². The Morgan fingerprint density at radius 1 is 1.00 bits per heavy atom. The van der Waals surface area contributed by atoms with Gasteiger partial charge in [-0.3, -0.25) is 0 Å². The third kappa shape index (κ3) is 4.66. The zero-order chi connectivity index (χ0) is 16.8. The van der Waals surface area contributed by atoms with Gasteiger partial charge in [-0.15, -0.1) is 0 Å². The van der Waals surface area contributed by atoms with E-state index in [9.17, 15) is 4.79 Å². The Hall–Kier alpha value is -1.22. The number of carbonyl (C=O) groups excluding carboxylic acids is 1. The van der Waals surface area contributed by atoms with E-state index < -0.39 is 0 Å². The monoisotopic (exact) mass is 350 g/mol. The van der Waals surface area contributed by atoms with Crippen LogP contribution in [-0.4, -0.2) is 18.7 Å². The molecule has 2 aliphatic rings. The predicted molar refractivity (Wildman–Crippen MR) is 95.4 cm³/mol. The largest absolute Gasteiger partial charge is 0.480 e. The van der Waals surface area contributed by atoms with Crippen LogP contribution in [0.2, 0.25) is 5.02 Å². The summed E-state index contributed by atoms with van der Waals surface area (Å²) in [5, 5.41) is 0.517. The van der Waals surface area contributed by atoms with Crippen molar-refractivity contribution in [3.8, 4) is 5.75 Å². The number of esters is 1.